The first-order valence-electron chi connectivity index (χ1n) is 4.27. The van der Waals surface area contributed by atoms with Crippen LogP contribution >= 0.6 is 0 Å². The number of H-pyrrole nitrogens is 1. The van der Waals surface area contributed by atoms with Crippen molar-refractivity contribution in [2.24, 2.45) is 0 Å². The molecule has 0 fully saturated rings. The summed E-state index contributed by atoms with van der Waals surface area (Å²) in [5.41, 5.74) is 3.18. The van der Waals surface area contributed by atoms with Gasteiger partial charge in [0.1, 0.15) is 0 Å². The minimum Gasteiger partial charge on any atom is -0.292 e. The normalized spacial score (nSPS) is 11.5. The fourth-order valence-electron chi connectivity index (χ4n) is 1.68. The summed E-state index contributed by atoms with van der Waals surface area (Å²) in [4.78, 5) is 4.43. The molecule has 0 amide bonds. The smallest absolute Gasteiger partial charge is 0.161 e. The van der Waals surface area contributed by atoms with Crippen LogP contribution in [0.5, 0.6) is 0 Å². The van der Waals surface area contributed by atoms with Gasteiger partial charge >= 0.3 is 0 Å². The summed E-state index contributed by atoms with van der Waals surface area (Å²) in [5.74, 6) is 0. The Morgan fingerprint density at radius 3 is 3.08 bits per heavy atom. The van der Waals surface area contributed by atoms with Gasteiger partial charge in [-0.15, -0.1) is 0 Å². The van der Waals surface area contributed by atoms with Gasteiger partial charge in [0.25, 0.3) is 0 Å². The van der Waals surface area contributed by atoms with Gasteiger partial charge in [-0.3, -0.25) is 5.10 Å². The summed E-state index contributed by atoms with van der Waals surface area (Å²) < 4.78 is 1.96. The maximum atomic E-state index is 4.43. The number of fused-ring (bicyclic) bond motifs is 3. The first kappa shape index (κ1) is 6.71. The Balaban J connectivity index is 2.60. The van der Waals surface area contributed by atoms with Crippen LogP contribution in [0.3, 0.4) is 0 Å². The Labute approximate surface area is 75.0 Å². The molecule has 0 unspecified atom stereocenters. The van der Waals surface area contributed by atoms with Gasteiger partial charge in [0.05, 0.1) is 11.2 Å². The molecule has 0 atom stereocenters. The lowest BCUT2D eigenvalue weighted by atomic mass is 10.2. The molecule has 0 saturated heterocycles. The van der Waals surface area contributed by atoms with E-state index in [1.165, 1.54) is 5.39 Å². The monoisotopic (exact) mass is 171 g/mol. The van der Waals surface area contributed by atoms with Crippen molar-refractivity contribution in [3.63, 3.8) is 0 Å². The Morgan fingerprint density at radius 1 is 1.31 bits per heavy atom. The molecule has 3 aromatic rings. The predicted octanol–water partition coefficient (Wildman–Crippen LogP) is 2.12. The third kappa shape index (κ3) is 0.811. The highest BCUT2D eigenvalue weighted by Gasteiger charge is 2.04. The highest BCUT2D eigenvalue weighted by molar-refractivity contribution is 5.92. The number of aromatic nitrogens is 3. The van der Waals surface area contributed by atoms with Crippen LogP contribution in [0.1, 0.15) is 5.69 Å². The Kier molecular flexibility index (Phi) is 1.10. The Hall–Kier alpha value is -1.77. The summed E-state index contributed by atoms with van der Waals surface area (Å²) in [6, 6.07) is 8.18. The van der Waals surface area contributed by atoms with Crippen LogP contribution in [-0.4, -0.2) is 14.6 Å². The molecule has 64 valence electrons. The molecule has 3 rings (SSSR count). The molecule has 0 radical (unpaired) electrons. The standard InChI is InChI=1S/C10H9N3/c1-7-6-13-10(11-7)8-4-2-3-5-9(8)12-13/h2-6,12H,1H3. The van der Waals surface area contributed by atoms with Gasteiger partial charge in [-0.05, 0) is 19.1 Å². The van der Waals surface area contributed by atoms with Gasteiger partial charge in [-0.2, -0.15) is 0 Å². The van der Waals surface area contributed by atoms with Crippen molar-refractivity contribution in [2.75, 3.05) is 0 Å². The molecule has 0 spiro atoms. The molecule has 1 aromatic carbocycles. The molecule has 0 saturated carbocycles. The minimum atomic E-state index is 1.01. The first-order chi connectivity index (χ1) is 6.34. The maximum absolute atomic E-state index is 4.43. The number of rotatable bonds is 0. The maximum Gasteiger partial charge on any atom is 0.161 e. The van der Waals surface area contributed by atoms with Crippen molar-refractivity contribution in [1.29, 1.82) is 0 Å². The van der Waals surface area contributed by atoms with Gasteiger partial charge in [0.2, 0.25) is 0 Å². The highest BCUT2D eigenvalue weighted by Crippen LogP contribution is 2.17. The summed E-state index contributed by atoms with van der Waals surface area (Å²) >= 11 is 0. The van der Waals surface area contributed by atoms with Crippen LogP contribution in [-0.2, 0) is 0 Å². The average Bonchev–Trinajstić information content (AvgIpc) is 2.60. The van der Waals surface area contributed by atoms with E-state index in [4.69, 9.17) is 0 Å². The quantitative estimate of drug-likeness (QED) is 0.552. The van der Waals surface area contributed by atoms with Crippen LogP contribution in [0, 0.1) is 6.92 Å². The molecule has 0 aliphatic heterocycles. The molecular formula is C10H9N3. The second-order valence-corrected chi connectivity index (χ2v) is 3.23. The number of hydrogen-bond donors (Lipinski definition) is 1. The van der Waals surface area contributed by atoms with E-state index in [1.807, 2.05) is 29.8 Å². The average molecular weight is 171 g/mol. The van der Waals surface area contributed by atoms with Crippen molar-refractivity contribution in [3.05, 3.63) is 36.2 Å². The van der Waals surface area contributed by atoms with Crippen LogP contribution in [0.4, 0.5) is 0 Å². The summed E-state index contributed by atoms with van der Waals surface area (Å²) in [5, 5.41) is 4.43. The van der Waals surface area contributed by atoms with E-state index in [1.54, 1.807) is 0 Å². The number of nitrogens with zero attached hydrogens (tertiary/aromatic N) is 2. The lowest BCUT2D eigenvalue weighted by molar-refractivity contribution is 0.992. The van der Waals surface area contributed by atoms with Crippen LogP contribution < -0.4 is 0 Å². The van der Waals surface area contributed by atoms with Gasteiger partial charge in [0, 0.05) is 11.6 Å². The third-order valence-electron chi connectivity index (χ3n) is 2.24. The Morgan fingerprint density at radius 2 is 2.15 bits per heavy atom. The van der Waals surface area contributed by atoms with E-state index in [2.05, 4.69) is 22.2 Å². The van der Waals surface area contributed by atoms with Crippen LogP contribution in [0.15, 0.2) is 30.5 Å². The third-order valence-corrected chi connectivity index (χ3v) is 2.24. The number of aryl methyl sites for hydroxylation is 1. The van der Waals surface area contributed by atoms with E-state index in [0.717, 1.165) is 16.9 Å². The van der Waals surface area contributed by atoms with Crippen molar-refractivity contribution in [3.8, 4) is 0 Å². The molecule has 3 heteroatoms. The molecule has 0 aliphatic rings. The zero-order valence-electron chi connectivity index (χ0n) is 7.28. The van der Waals surface area contributed by atoms with E-state index >= 15 is 0 Å². The van der Waals surface area contributed by atoms with Crippen LogP contribution in [0.25, 0.3) is 16.6 Å². The highest BCUT2D eigenvalue weighted by atomic mass is 15.3. The van der Waals surface area contributed by atoms with Gasteiger partial charge in [-0.1, -0.05) is 12.1 Å². The topological polar surface area (TPSA) is 33.1 Å². The second kappa shape index (κ2) is 2.13. The zero-order valence-corrected chi connectivity index (χ0v) is 7.28. The molecule has 3 nitrogen and oxygen atoms in total. The first-order valence-corrected chi connectivity index (χ1v) is 4.27. The molecule has 1 N–H and O–H groups in total. The fourth-order valence-corrected chi connectivity index (χ4v) is 1.68. The number of benzene rings is 1. The lowest BCUT2D eigenvalue weighted by Gasteiger charge is -1.84. The summed E-state index contributed by atoms with van der Waals surface area (Å²) in [6.07, 6.45) is 2.00. The fraction of sp³-hybridized carbons (Fsp3) is 0.100. The minimum absolute atomic E-state index is 1.01. The molecule has 13 heavy (non-hydrogen) atoms. The van der Waals surface area contributed by atoms with Gasteiger partial charge < -0.3 is 0 Å². The van der Waals surface area contributed by atoms with E-state index in [-0.39, 0.29) is 0 Å². The van der Waals surface area contributed by atoms with Crippen molar-refractivity contribution in [1.82, 2.24) is 14.6 Å². The molecule has 0 bridgehead atoms. The SMILES string of the molecule is Cc1cn2[nH]c3ccccc3c2n1. The van der Waals surface area contributed by atoms with Gasteiger partial charge in [-0.25, -0.2) is 9.50 Å². The predicted molar refractivity (Wildman–Crippen MR) is 51.8 cm³/mol. The Bertz CT molecular complexity index is 574. The van der Waals surface area contributed by atoms with E-state index < -0.39 is 0 Å². The van der Waals surface area contributed by atoms with Crippen LogP contribution in [0.2, 0.25) is 0 Å². The second-order valence-electron chi connectivity index (χ2n) is 3.23. The van der Waals surface area contributed by atoms with Crippen molar-refractivity contribution in [2.45, 2.75) is 6.92 Å². The summed E-state index contributed by atoms with van der Waals surface area (Å²) in [6.45, 7) is 2.00. The van der Waals surface area contributed by atoms with Crippen molar-refractivity contribution >= 4 is 16.6 Å². The molecule has 0 aliphatic carbocycles. The molecule has 2 aromatic heterocycles. The summed E-state index contributed by atoms with van der Waals surface area (Å²) in [7, 11) is 0. The van der Waals surface area contributed by atoms with E-state index in [0.29, 0.717) is 0 Å². The molecular weight excluding hydrogens is 162 g/mol. The number of para-hydroxylation sites is 1. The number of imidazole rings is 1. The zero-order chi connectivity index (χ0) is 8.84. The number of aromatic amines is 1. The number of hydrogen-bond acceptors (Lipinski definition) is 1. The number of nitrogens with one attached hydrogen (secondary N) is 1. The van der Waals surface area contributed by atoms with E-state index in [9.17, 15) is 0 Å². The van der Waals surface area contributed by atoms with Crippen molar-refractivity contribution < 1.29 is 0 Å². The van der Waals surface area contributed by atoms with Gasteiger partial charge in [0.15, 0.2) is 5.65 Å². The lowest BCUT2D eigenvalue weighted by Crippen LogP contribution is -1.76. The molecule has 2 heterocycles. The largest absolute Gasteiger partial charge is 0.292 e.